The van der Waals surface area contributed by atoms with Crippen LogP contribution in [0.4, 0.5) is 11.5 Å². The normalized spacial score (nSPS) is 20.6. The molecule has 2 heterocycles. The third-order valence-electron chi connectivity index (χ3n) is 5.76. The highest BCUT2D eigenvalue weighted by atomic mass is 32.2. The number of nitrogens with zero attached hydrogens (tertiary/aromatic N) is 4. The van der Waals surface area contributed by atoms with Gasteiger partial charge in [-0.05, 0) is 49.1 Å². The van der Waals surface area contributed by atoms with Gasteiger partial charge in [-0.15, -0.1) is 5.10 Å². The highest BCUT2D eigenvalue weighted by Gasteiger charge is 2.31. The molecule has 1 saturated carbocycles. The Kier molecular flexibility index (Phi) is 5.04. The lowest BCUT2D eigenvalue weighted by Gasteiger charge is -2.44. The SMILES string of the molecule is CC(C)[C@@H]1CN(c2cccc(S(C)(=O)=O)c2)CCN1c1ccc(C2CC2)nn1. The molecule has 28 heavy (non-hydrogen) atoms. The molecule has 1 saturated heterocycles. The van der Waals surface area contributed by atoms with Crippen molar-refractivity contribution in [3.8, 4) is 0 Å². The van der Waals surface area contributed by atoms with Crippen molar-refractivity contribution in [2.24, 2.45) is 5.92 Å². The van der Waals surface area contributed by atoms with Crippen LogP contribution in [0.5, 0.6) is 0 Å². The number of aromatic nitrogens is 2. The van der Waals surface area contributed by atoms with Gasteiger partial charge in [0.15, 0.2) is 15.7 Å². The van der Waals surface area contributed by atoms with Crippen LogP contribution >= 0.6 is 0 Å². The lowest BCUT2D eigenvalue weighted by atomic mass is 9.99. The maximum atomic E-state index is 11.9. The van der Waals surface area contributed by atoms with E-state index in [-0.39, 0.29) is 6.04 Å². The van der Waals surface area contributed by atoms with Gasteiger partial charge in [-0.3, -0.25) is 0 Å². The van der Waals surface area contributed by atoms with E-state index in [4.69, 9.17) is 0 Å². The fourth-order valence-corrected chi connectivity index (χ4v) is 4.56. The summed E-state index contributed by atoms with van der Waals surface area (Å²) in [7, 11) is -3.21. The van der Waals surface area contributed by atoms with Crippen molar-refractivity contribution >= 4 is 21.3 Å². The summed E-state index contributed by atoms with van der Waals surface area (Å²) in [4.78, 5) is 5.00. The molecule has 0 bridgehead atoms. The van der Waals surface area contributed by atoms with Gasteiger partial charge >= 0.3 is 0 Å². The van der Waals surface area contributed by atoms with Gasteiger partial charge in [0.1, 0.15) is 0 Å². The van der Waals surface area contributed by atoms with Crippen LogP contribution in [0.25, 0.3) is 0 Å². The van der Waals surface area contributed by atoms with Gasteiger partial charge in [0, 0.05) is 37.5 Å². The van der Waals surface area contributed by atoms with E-state index < -0.39 is 9.84 Å². The van der Waals surface area contributed by atoms with Crippen LogP contribution in [-0.4, -0.2) is 50.5 Å². The molecule has 1 aliphatic heterocycles. The summed E-state index contributed by atoms with van der Waals surface area (Å²) in [5.41, 5.74) is 2.07. The van der Waals surface area contributed by atoms with Crippen LogP contribution in [-0.2, 0) is 9.84 Å². The molecule has 0 radical (unpaired) electrons. The minimum absolute atomic E-state index is 0.289. The van der Waals surface area contributed by atoms with E-state index in [9.17, 15) is 8.42 Å². The van der Waals surface area contributed by atoms with Gasteiger partial charge in [0.25, 0.3) is 0 Å². The average molecular weight is 401 g/mol. The van der Waals surface area contributed by atoms with Gasteiger partial charge in [-0.25, -0.2) is 8.42 Å². The van der Waals surface area contributed by atoms with E-state index in [0.717, 1.165) is 36.8 Å². The van der Waals surface area contributed by atoms with Crippen LogP contribution in [0.2, 0.25) is 0 Å². The molecule has 2 aromatic rings. The number of hydrogen-bond acceptors (Lipinski definition) is 6. The van der Waals surface area contributed by atoms with E-state index in [1.165, 1.54) is 19.1 Å². The molecule has 2 fully saturated rings. The fourth-order valence-electron chi connectivity index (χ4n) is 3.90. The van der Waals surface area contributed by atoms with Crippen LogP contribution in [0.15, 0.2) is 41.3 Å². The smallest absolute Gasteiger partial charge is 0.175 e. The Morgan fingerprint density at radius 2 is 1.86 bits per heavy atom. The van der Waals surface area contributed by atoms with Crippen LogP contribution in [0.3, 0.4) is 0 Å². The summed E-state index contributed by atoms with van der Waals surface area (Å²) < 4.78 is 23.8. The molecule has 2 aliphatic rings. The van der Waals surface area contributed by atoms with Crippen molar-refractivity contribution in [1.29, 1.82) is 0 Å². The standard InChI is InChI=1S/C21H28N4O2S/c1-15(2)20-14-24(17-5-4-6-18(13-17)28(3,26)27)11-12-25(20)21-10-9-19(22-23-21)16-7-8-16/h4-6,9-10,13,15-16,20H,7-8,11-12,14H2,1-3H3/t20-/m0/s1. The molecule has 1 aliphatic carbocycles. The summed E-state index contributed by atoms with van der Waals surface area (Å²) in [5.74, 6) is 1.99. The highest BCUT2D eigenvalue weighted by molar-refractivity contribution is 7.90. The van der Waals surface area contributed by atoms with Crippen molar-refractivity contribution in [2.45, 2.75) is 43.5 Å². The Balaban J connectivity index is 1.55. The quantitative estimate of drug-likeness (QED) is 0.768. The maximum Gasteiger partial charge on any atom is 0.175 e. The molecule has 1 aromatic carbocycles. The summed E-state index contributed by atoms with van der Waals surface area (Å²) >= 11 is 0. The molecule has 1 atom stereocenters. The lowest BCUT2D eigenvalue weighted by Crippen LogP contribution is -2.56. The predicted molar refractivity (Wildman–Crippen MR) is 112 cm³/mol. The second kappa shape index (κ2) is 7.35. The summed E-state index contributed by atoms with van der Waals surface area (Å²) in [6.07, 6.45) is 3.71. The topological polar surface area (TPSA) is 66.4 Å². The summed E-state index contributed by atoms with van der Waals surface area (Å²) in [6.45, 7) is 6.93. The maximum absolute atomic E-state index is 11.9. The van der Waals surface area contributed by atoms with Crippen molar-refractivity contribution in [3.05, 3.63) is 42.1 Å². The molecule has 0 amide bonds. The van der Waals surface area contributed by atoms with Gasteiger partial charge in [-0.2, -0.15) is 5.10 Å². The first-order valence-corrected chi connectivity index (χ1v) is 11.9. The molecule has 6 nitrogen and oxygen atoms in total. The first-order valence-electron chi connectivity index (χ1n) is 9.98. The van der Waals surface area contributed by atoms with Gasteiger partial charge < -0.3 is 9.80 Å². The molecule has 7 heteroatoms. The summed E-state index contributed by atoms with van der Waals surface area (Å²) in [5, 5.41) is 8.97. The molecule has 4 rings (SSSR count). The zero-order chi connectivity index (χ0) is 19.9. The largest absolute Gasteiger partial charge is 0.368 e. The molecule has 0 N–H and O–H groups in total. The third kappa shape index (κ3) is 3.99. The number of anilines is 2. The van der Waals surface area contributed by atoms with Crippen molar-refractivity contribution in [1.82, 2.24) is 10.2 Å². The van der Waals surface area contributed by atoms with E-state index in [0.29, 0.717) is 16.7 Å². The van der Waals surface area contributed by atoms with Crippen molar-refractivity contribution in [2.75, 3.05) is 35.7 Å². The Hall–Kier alpha value is -2.15. The number of rotatable bonds is 5. The molecule has 0 unspecified atom stereocenters. The number of sulfone groups is 1. The van der Waals surface area contributed by atoms with E-state index >= 15 is 0 Å². The fraction of sp³-hybridized carbons (Fsp3) is 0.524. The highest BCUT2D eigenvalue weighted by Crippen LogP contribution is 2.39. The molecule has 1 aromatic heterocycles. The Labute approximate surface area is 167 Å². The van der Waals surface area contributed by atoms with Crippen LogP contribution in [0, 0.1) is 5.92 Å². The van der Waals surface area contributed by atoms with Crippen molar-refractivity contribution in [3.63, 3.8) is 0 Å². The van der Waals surface area contributed by atoms with Gasteiger partial charge in [-0.1, -0.05) is 19.9 Å². The number of benzene rings is 1. The molecule has 0 spiro atoms. The minimum atomic E-state index is -3.21. The predicted octanol–water partition coefficient (Wildman–Crippen LogP) is 3.11. The Bertz CT molecular complexity index is 939. The Morgan fingerprint density at radius 3 is 2.46 bits per heavy atom. The molecule has 150 valence electrons. The molecular formula is C21H28N4O2S. The average Bonchev–Trinajstić information content (AvgIpc) is 3.52. The number of piperazine rings is 1. The van der Waals surface area contributed by atoms with E-state index in [1.807, 2.05) is 12.1 Å². The van der Waals surface area contributed by atoms with Gasteiger partial charge in [0.2, 0.25) is 0 Å². The first-order chi connectivity index (χ1) is 13.3. The first kappa shape index (κ1) is 19.2. The van der Waals surface area contributed by atoms with Crippen LogP contribution < -0.4 is 9.80 Å². The second-order valence-corrected chi connectivity index (χ2v) is 10.3. The lowest BCUT2D eigenvalue weighted by molar-refractivity contribution is 0.415. The second-order valence-electron chi connectivity index (χ2n) is 8.31. The third-order valence-corrected chi connectivity index (χ3v) is 6.87. The summed E-state index contributed by atoms with van der Waals surface area (Å²) in [6, 6.07) is 11.8. The Morgan fingerprint density at radius 1 is 1.07 bits per heavy atom. The van der Waals surface area contributed by atoms with Crippen molar-refractivity contribution < 1.29 is 8.42 Å². The zero-order valence-corrected chi connectivity index (χ0v) is 17.6. The van der Waals surface area contributed by atoms with Crippen LogP contribution in [0.1, 0.15) is 38.3 Å². The molecular weight excluding hydrogens is 372 g/mol. The van der Waals surface area contributed by atoms with Gasteiger partial charge in [0.05, 0.1) is 16.6 Å². The monoisotopic (exact) mass is 400 g/mol. The minimum Gasteiger partial charge on any atom is -0.368 e. The number of hydrogen-bond donors (Lipinski definition) is 0. The van der Waals surface area contributed by atoms with E-state index in [1.54, 1.807) is 12.1 Å². The van der Waals surface area contributed by atoms with E-state index in [2.05, 4.69) is 46.0 Å². The zero-order valence-electron chi connectivity index (χ0n) is 16.7.